The van der Waals surface area contributed by atoms with Crippen molar-refractivity contribution in [3.8, 4) is 0 Å². The van der Waals surface area contributed by atoms with Crippen LogP contribution in [0.3, 0.4) is 0 Å². The fourth-order valence-electron chi connectivity index (χ4n) is 1.73. The molecule has 1 rings (SSSR count). The van der Waals surface area contributed by atoms with Crippen LogP contribution in [0.1, 0.15) is 31.7 Å². The lowest BCUT2D eigenvalue weighted by molar-refractivity contribution is -0.133. The highest BCUT2D eigenvalue weighted by Gasteiger charge is 2.14. The minimum atomic E-state index is -0.316. The number of hydrogen-bond acceptors (Lipinski definition) is 2. The minimum Gasteiger partial charge on any atom is -0.345 e. The standard InChI is InChI=1S/C15H21ClN2O2/c1-4-5-9-18(3)15(20)10-14(19)17-13-8-6-7-12(16)11(13)2/h6-8H,4-5,9-10H2,1-3H3,(H,17,19). The lowest BCUT2D eigenvalue weighted by Crippen LogP contribution is -2.31. The molecular formula is C15H21ClN2O2. The van der Waals surface area contributed by atoms with E-state index in [1.54, 1.807) is 30.1 Å². The number of anilines is 1. The number of benzene rings is 1. The second kappa shape index (κ2) is 7.90. The Morgan fingerprint density at radius 2 is 2.05 bits per heavy atom. The first-order valence-corrected chi connectivity index (χ1v) is 7.12. The van der Waals surface area contributed by atoms with Crippen molar-refractivity contribution in [2.75, 3.05) is 18.9 Å². The summed E-state index contributed by atoms with van der Waals surface area (Å²) < 4.78 is 0. The molecule has 1 N–H and O–H groups in total. The van der Waals surface area contributed by atoms with Crippen molar-refractivity contribution >= 4 is 29.1 Å². The van der Waals surface area contributed by atoms with Gasteiger partial charge >= 0.3 is 0 Å². The number of amides is 2. The van der Waals surface area contributed by atoms with E-state index in [2.05, 4.69) is 12.2 Å². The molecule has 0 aromatic heterocycles. The Morgan fingerprint density at radius 3 is 2.70 bits per heavy atom. The normalized spacial score (nSPS) is 10.2. The molecule has 1 aromatic rings. The van der Waals surface area contributed by atoms with Crippen LogP contribution in [0.2, 0.25) is 5.02 Å². The quantitative estimate of drug-likeness (QED) is 0.819. The predicted octanol–water partition coefficient (Wildman–Crippen LogP) is 3.24. The van der Waals surface area contributed by atoms with Crippen molar-refractivity contribution in [3.63, 3.8) is 0 Å². The fraction of sp³-hybridized carbons (Fsp3) is 0.467. The Kier molecular flexibility index (Phi) is 6.52. The van der Waals surface area contributed by atoms with Crippen molar-refractivity contribution in [3.05, 3.63) is 28.8 Å². The summed E-state index contributed by atoms with van der Waals surface area (Å²) in [7, 11) is 1.72. The van der Waals surface area contributed by atoms with Gasteiger partial charge in [0.1, 0.15) is 6.42 Å². The van der Waals surface area contributed by atoms with Gasteiger partial charge in [0.05, 0.1) is 0 Å². The summed E-state index contributed by atoms with van der Waals surface area (Å²) in [5, 5.41) is 3.31. The van der Waals surface area contributed by atoms with Gasteiger partial charge in [0, 0.05) is 24.3 Å². The molecule has 20 heavy (non-hydrogen) atoms. The van der Waals surface area contributed by atoms with Crippen LogP contribution in [0.15, 0.2) is 18.2 Å². The summed E-state index contributed by atoms with van der Waals surface area (Å²) in [6.07, 6.45) is 1.81. The van der Waals surface area contributed by atoms with Gasteiger partial charge < -0.3 is 10.2 Å². The molecule has 0 unspecified atom stereocenters. The average Bonchev–Trinajstić information content (AvgIpc) is 2.41. The third-order valence-electron chi connectivity index (χ3n) is 3.13. The monoisotopic (exact) mass is 296 g/mol. The van der Waals surface area contributed by atoms with Crippen LogP contribution in [0.25, 0.3) is 0 Å². The van der Waals surface area contributed by atoms with E-state index in [9.17, 15) is 9.59 Å². The number of nitrogens with zero attached hydrogens (tertiary/aromatic N) is 1. The van der Waals surface area contributed by atoms with E-state index in [4.69, 9.17) is 11.6 Å². The van der Waals surface area contributed by atoms with Crippen LogP contribution < -0.4 is 5.32 Å². The number of carbonyl (C=O) groups is 2. The maximum Gasteiger partial charge on any atom is 0.233 e. The highest BCUT2D eigenvalue weighted by Crippen LogP contribution is 2.22. The number of nitrogens with one attached hydrogen (secondary N) is 1. The Bertz CT molecular complexity index is 489. The van der Waals surface area contributed by atoms with E-state index in [-0.39, 0.29) is 18.2 Å². The van der Waals surface area contributed by atoms with Crippen LogP contribution in [-0.2, 0) is 9.59 Å². The molecule has 0 spiro atoms. The van der Waals surface area contributed by atoms with Crippen molar-refractivity contribution in [1.29, 1.82) is 0 Å². The van der Waals surface area contributed by atoms with E-state index in [0.29, 0.717) is 17.3 Å². The average molecular weight is 297 g/mol. The lowest BCUT2D eigenvalue weighted by Gasteiger charge is -2.16. The maximum atomic E-state index is 11.9. The summed E-state index contributed by atoms with van der Waals surface area (Å²) in [4.78, 5) is 25.3. The maximum absolute atomic E-state index is 11.9. The third kappa shape index (κ3) is 4.85. The lowest BCUT2D eigenvalue weighted by atomic mass is 10.2. The van der Waals surface area contributed by atoms with E-state index in [1.165, 1.54) is 0 Å². The van der Waals surface area contributed by atoms with Crippen molar-refractivity contribution in [2.24, 2.45) is 0 Å². The number of hydrogen-bond donors (Lipinski definition) is 1. The smallest absolute Gasteiger partial charge is 0.233 e. The molecule has 0 radical (unpaired) electrons. The molecule has 0 atom stereocenters. The molecule has 0 aliphatic rings. The first kappa shape index (κ1) is 16.5. The van der Waals surface area contributed by atoms with Crippen LogP contribution in [0.4, 0.5) is 5.69 Å². The molecule has 5 heteroatoms. The summed E-state index contributed by atoms with van der Waals surface area (Å²) in [5.74, 6) is -0.487. The van der Waals surface area contributed by atoms with Gasteiger partial charge in [-0.25, -0.2) is 0 Å². The summed E-state index contributed by atoms with van der Waals surface area (Å²) >= 11 is 5.98. The van der Waals surface area contributed by atoms with Crippen LogP contribution >= 0.6 is 11.6 Å². The SMILES string of the molecule is CCCCN(C)C(=O)CC(=O)Nc1cccc(Cl)c1C. The number of halogens is 1. The second-order valence-corrected chi connectivity index (χ2v) is 5.21. The molecule has 0 saturated carbocycles. The molecule has 1 aromatic carbocycles. The van der Waals surface area contributed by atoms with E-state index >= 15 is 0 Å². The van der Waals surface area contributed by atoms with Crippen LogP contribution in [0.5, 0.6) is 0 Å². The number of unbranched alkanes of at least 4 members (excludes halogenated alkanes) is 1. The van der Waals surface area contributed by atoms with Crippen molar-refractivity contribution < 1.29 is 9.59 Å². The minimum absolute atomic E-state index is 0.147. The molecule has 2 amide bonds. The molecule has 0 aliphatic heterocycles. The third-order valence-corrected chi connectivity index (χ3v) is 3.54. The second-order valence-electron chi connectivity index (χ2n) is 4.81. The van der Waals surface area contributed by atoms with Gasteiger partial charge in [-0.15, -0.1) is 0 Å². The molecule has 0 saturated heterocycles. The van der Waals surface area contributed by atoms with Crippen molar-refractivity contribution in [2.45, 2.75) is 33.1 Å². The molecule has 0 heterocycles. The predicted molar refractivity (Wildman–Crippen MR) is 82.0 cm³/mol. The zero-order valence-electron chi connectivity index (χ0n) is 12.2. The van der Waals surface area contributed by atoms with E-state index in [1.807, 2.05) is 6.92 Å². The van der Waals surface area contributed by atoms with Gasteiger partial charge in [0.2, 0.25) is 11.8 Å². The number of carbonyl (C=O) groups excluding carboxylic acids is 2. The number of rotatable bonds is 6. The van der Waals surface area contributed by atoms with Crippen LogP contribution in [-0.4, -0.2) is 30.3 Å². The van der Waals surface area contributed by atoms with Gasteiger partial charge in [-0.05, 0) is 31.0 Å². The summed E-state index contributed by atoms with van der Waals surface area (Å²) in [5.41, 5.74) is 1.45. The molecular weight excluding hydrogens is 276 g/mol. The van der Waals surface area contributed by atoms with Crippen LogP contribution in [0, 0.1) is 6.92 Å². The van der Waals surface area contributed by atoms with Gasteiger partial charge in [-0.3, -0.25) is 9.59 Å². The Hall–Kier alpha value is -1.55. The van der Waals surface area contributed by atoms with Gasteiger partial charge in [0.15, 0.2) is 0 Å². The molecule has 4 nitrogen and oxygen atoms in total. The molecule has 0 bridgehead atoms. The molecule has 0 fully saturated rings. The highest BCUT2D eigenvalue weighted by molar-refractivity contribution is 6.31. The Balaban J connectivity index is 2.55. The summed E-state index contributed by atoms with van der Waals surface area (Å²) in [6, 6.07) is 5.29. The Labute approximate surface area is 125 Å². The zero-order chi connectivity index (χ0) is 15.1. The Morgan fingerprint density at radius 1 is 1.35 bits per heavy atom. The largest absolute Gasteiger partial charge is 0.345 e. The molecule has 0 aliphatic carbocycles. The van der Waals surface area contributed by atoms with Gasteiger partial charge in [-0.2, -0.15) is 0 Å². The summed E-state index contributed by atoms with van der Waals surface area (Å²) in [6.45, 7) is 4.57. The van der Waals surface area contributed by atoms with Gasteiger partial charge in [-0.1, -0.05) is 31.0 Å². The highest BCUT2D eigenvalue weighted by atomic mass is 35.5. The first-order chi connectivity index (χ1) is 9.45. The molecule has 110 valence electrons. The first-order valence-electron chi connectivity index (χ1n) is 6.74. The zero-order valence-corrected chi connectivity index (χ0v) is 13.0. The van der Waals surface area contributed by atoms with E-state index in [0.717, 1.165) is 18.4 Å². The fourth-order valence-corrected chi connectivity index (χ4v) is 1.90. The topological polar surface area (TPSA) is 49.4 Å². The van der Waals surface area contributed by atoms with Gasteiger partial charge in [0.25, 0.3) is 0 Å². The van der Waals surface area contributed by atoms with E-state index < -0.39 is 0 Å². The van der Waals surface area contributed by atoms with Crippen molar-refractivity contribution in [1.82, 2.24) is 4.90 Å².